The van der Waals surface area contributed by atoms with Crippen LogP contribution in [0.15, 0.2) is 35.3 Å². The number of aliphatic imine (C=N–C) groups is 1. The maximum Gasteiger partial charge on any atom is 0.225 e. The standard InChI is InChI=1S/C24H41N5O/c1-6-21(7-2)23(30)29-15-13-22(14-16-29)27-24(25-4)26-17-19(3)28(5)18-20-11-9-8-10-12-20/h8-12,19,21-22H,6-7,13-18H2,1-5H3,(H2,25,26,27). The van der Waals surface area contributed by atoms with Gasteiger partial charge in [-0.2, -0.15) is 0 Å². The van der Waals surface area contributed by atoms with E-state index in [1.54, 1.807) is 0 Å². The van der Waals surface area contributed by atoms with Crippen LogP contribution in [0.2, 0.25) is 0 Å². The molecule has 6 heteroatoms. The maximum atomic E-state index is 12.6. The van der Waals surface area contributed by atoms with Gasteiger partial charge in [0.05, 0.1) is 0 Å². The molecule has 1 aromatic carbocycles. The van der Waals surface area contributed by atoms with Crippen molar-refractivity contribution in [1.82, 2.24) is 20.4 Å². The van der Waals surface area contributed by atoms with E-state index in [-0.39, 0.29) is 5.92 Å². The minimum atomic E-state index is 0.179. The molecule has 1 atom stereocenters. The van der Waals surface area contributed by atoms with E-state index in [4.69, 9.17) is 0 Å². The molecule has 1 amide bonds. The van der Waals surface area contributed by atoms with Crippen LogP contribution in [0.4, 0.5) is 0 Å². The lowest BCUT2D eigenvalue weighted by Crippen LogP contribution is -2.52. The first-order chi connectivity index (χ1) is 14.5. The second-order valence-corrected chi connectivity index (χ2v) is 8.46. The van der Waals surface area contributed by atoms with Gasteiger partial charge in [-0.3, -0.25) is 14.7 Å². The lowest BCUT2D eigenvalue weighted by molar-refractivity contribution is -0.136. The number of likely N-dealkylation sites (N-methyl/N-ethyl adjacent to an activating group) is 1. The molecule has 2 N–H and O–H groups in total. The Kier molecular flexibility index (Phi) is 10.1. The Hall–Kier alpha value is -2.08. The van der Waals surface area contributed by atoms with Crippen molar-refractivity contribution in [2.45, 2.75) is 65.1 Å². The van der Waals surface area contributed by atoms with Crippen LogP contribution in [-0.4, -0.2) is 67.5 Å². The second-order valence-electron chi connectivity index (χ2n) is 8.46. The Morgan fingerprint density at radius 2 is 1.83 bits per heavy atom. The SMILES string of the molecule is CCC(CC)C(=O)N1CCC(NC(=NC)NCC(C)N(C)Cc2ccccc2)CC1. The Labute approximate surface area is 183 Å². The monoisotopic (exact) mass is 415 g/mol. The van der Waals surface area contributed by atoms with E-state index in [9.17, 15) is 4.79 Å². The van der Waals surface area contributed by atoms with Crippen molar-refractivity contribution in [3.8, 4) is 0 Å². The zero-order valence-electron chi connectivity index (χ0n) is 19.5. The number of guanidine groups is 1. The number of rotatable bonds is 9. The number of nitrogens with one attached hydrogen (secondary N) is 2. The molecule has 0 saturated carbocycles. The Bertz CT molecular complexity index is 651. The summed E-state index contributed by atoms with van der Waals surface area (Å²) in [6, 6.07) is 11.3. The number of hydrogen-bond donors (Lipinski definition) is 2. The molecule has 1 fully saturated rings. The van der Waals surface area contributed by atoms with Crippen LogP contribution in [0.25, 0.3) is 0 Å². The quantitative estimate of drug-likeness (QED) is 0.481. The van der Waals surface area contributed by atoms with Crippen LogP contribution in [-0.2, 0) is 11.3 Å². The third-order valence-corrected chi connectivity index (χ3v) is 6.30. The van der Waals surface area contributed by atoms with E-state index in [0.717, 1.165) is 57.8 Å². The maximum absolute atomic E-state index is 12.6. The van der Waals surface area contributed by atoms with Crippen LogP contribution in [0.1, 0.15) is 52.0 Å². The molecule has 1 aliphatic heterocycles. The zero-order valence-corrected chi connectivity index (χ0v) is 19.5. The summed E-state index contributed by atoms with van der Waals surface area (Å²) in [7, 11) is 3.97. The van der Waals surface area contributed by atoms with Gasteiger partial charge >= 0.3 is 0 Å². The molecule has 1 aliphatic rings. The minimum Gasteiger partial charge on any atom is -0.355 e. The van der Waals surface area contributed by atoms with Crippen molar-refractivity contribution in [3.05, 3.63) is 35.9 Å². The summed E-state index contributed by atoms with van der Waals surface area (Å²) in [5.74, 6) is 1.36. The molecule has 0 aliphatic carbocycles. The van der Waals surface area contributed by atoms with E-state index < -0.39 is 0 Å². The summed E-state index contributed by atoms with van der Waals surface area (Å²) in [6.07, 6.45) is 3.80. The highest BCUT2D eigenvalue weighted by Crippen LogP contribution is 2.17. The average Bonchev–Trinajstić information content (AvgIpc) is 2.78. The predicted molar refractivity (Wildman–Crippen MR) is 126 cm³/mol. The molecule has 168 valence electrons. The van der Waals surface area contributed by atoms with Crippen LogP contribution in [0.5, 0.6) is 0 Å². The highest BCUT2D eigenvalue weighted by Gasteiger charge is 2.26. The molecule has 0 aromatic heterocycles. The molecule has 1 aromatic rings. The summed E-state index contributed by atoms with van der Waals surface area (Å²) in [6.45, 7) is 9.86. The number of piperidine rings is 1. The largest absolute Gasteiger partial charge is 0.355 e. The lowest BCUT2D eigenvalue weighted by atomic mass is 9.98. The van der Waals surface area contributed by atoms with Crippen molar-refractivity contribution in [1.29, 1.82) is 0 Å². The third kappa shape index (κ3) is 7.31. The summed E-state index contributed by atoms with van der Waals surface area (Å²) < 4.78 is 0. The predicted octanol–water partition coefficient (Wildman–Crippen LogP) is 3.10. The second kappa shape index (κ2) is 12.6. The number of carbonyl (C=O) groups is 1. The van der Waals surface area contributed by atoms with Crippen molar-refractivity contribution in [2.75, 3.05) is 33.7 Å². The molecule has 1 heterocycles. The molecule has 6 nitrogen and oxygen atoms in total. The van der Waals surface area contributed by atoms with Gasteiger partial charge in [-0.05, 0) is 45.2 Å². The first kappa shape index (κ1) is 24.2. The summed E-state index contributed by atoms with van der Waals surface area (Å²) >= 11 is 0. The van der Waals surface area contributed by atoms with Crippen molar-refractivity contribution < 1.29 is 4.79 Å². The highest BCUT2D eigenvalue weighted by atomic mass is 16.2. The normalized spacial score (nSPS) is 16.8. The van der Waals surface area contributed by atoms with Gasteiger partial charge in [-0.1, -0.05) is 44.2 Å². The molecular formula is C24H41N5O. The van der Waals surface area contributed by atoms with Crippen molar-refractivity contribution in [3.63, 3.8) is 0 Å². The Morgan fingerprint density at radius 1 is 1.20 bits per heavy atom. The molecule has 0 radical (unpaired) electrons. The van der Waals surface area contributed by atoms with Gasteiger partial charge in [-0.15, -0.1) is 0 Å². The molecule has 2 rings (SSSR count). The average molecular weight is 416 g/mol. The lowest BCUT2D eigenvalue weighted by Gasteiger charge is -2.35. The summed E-state index contributed by atoms with van der Waals surface area (Å²) in [4.78, 5) is 21.4. The fourth-order valence-electron chi connectivity index (χ4n) is 3.96. The van der Waals surface area contributed by atoms with Crippen molar-refractivity contribution >= 4 is 11.9 Å². The molecule has 30 heavy (non-hydrogen) atoms. The molecule has 1 saturated heterocycles. The molecular weight excluding hydrogens is 374 g/mol. The summed E-state index contributed by atoms with van der Waals surface area (Å²) in [5.41, 5.74) is 1.32. The Balaban J connectivity index is 1.74. The molecule has 1 unspecified atom stereocenters. The molecule has 0 bridgehead atoms. The number of carbonyl (C=O) groups excluding carboxylic acids is 1. The van der Waals surface area contributed by atoms with E-state index in [2.05, 4.69) is 78.7 Å². The van der Waals surface area contributed by atoms with E-state index in [1.165, 1.54) is 5.56 Å². The zero-order chi connectivity index (χ0) is 21.9. The number of benzene rings is 1. The van der Waals surface area contributed by atoms with Crippen LogP contribution in [0, 0.1) is 5.92 Å². The number of likely N-dealkylation sites (tertiary alicyclic amines) is 1. The van der Waals surface area contributed by atoms with E-state index in [0.29, 0.717) is 18.0 Å². The number of hydrogen-bond acceptors (Lipinski definition) is 3. The Morgan fingerprint density at radius 3 is 2.40 bits per heavy atom. The topological polar surface area (TPSA) is 60.0 Å². The minimum absolute atomic E-state index is 0.179. The van der Waals surface area contributed by atoms with Crippen LogP contribution < -0.4 is 10.6 Å². The van der Waals surface area contributed by atoms with Gasteiger partial charge in [0.15, 0.2) is 5.96 Å². The fourth-order valence-corrected chi connectivity index (χ4v) is 3.96. The first-order valence-electron chi connectivity index (χ1n) is 11.5. The van der Waals surface area contributed by atoms with Gasteiger partial charge in [0, 0.05) is 51.2 Å². The summed E-state index contributed by atoms with van der Waals surface area (Å²) in [5, 5.41) is 7.02. The third-order valence-electron chi connectivity index (χ3n) is 6.30. The van der Waals surface area contributed by atoms with Gasteiger partial charge < -0.3 is 15.5 Å². The van der Waals surface area contributed by atoms with E-state index >= 15 is 0 Å². The number of nitrogens with zero attached hydrogens (tertiary/aromatic N) is 3. The van der Waals surface area contributed by atoms with Gasteiger partial charge in [0.2, 0.25) is 5.91 Å². The highest BCUT2D eigenvalue weighted by molar-refractivity contribution is 5.80. The first-order valence-corrected chi connectivity index (χ1v) is 11.5. The van der Waals surface area contributed by atoms with Crippen molar-refractivity contribution in [2.24, 2.45) is 10.9 Å². The van der Waals surface area contributed by atoms with Crippen LogP contribution >= 0.6 is 0 Å². The van der Waals surface area contributed by atoms with Gasteiger partial charge in [-0.25, -0.2) is 0 Å². The molecule has 0 spiro atoms. The fraction of sp³-hybridized carbons (Fsp3) is 0.667. The number of amides is 1. The smallest absolute Gasteiger partial charge is 0.225 e. The van der Waals surface area contributed by atoms with Gasteiger partial charge in [0.1, 0.15) is 0 Å². The van der Waals surface area contributed by atoms with Crippen LogP contribution in [0.3, 0.4) is 0 Å². The van der Waals surface area contributed by atoms with Gasteiger partial charge in [0.25, 0.3) is 0 Å². The van der Waals surface area contributed by atoms with E-state index in [1.807, 2.05) is 11.9 Å².